The molecule has 0 aromatic carbocycles. The second-order valence-corrected chi connectivity index (χ2v) is 10.2. The standard InChI is InChI=1S/C31H50O/c1-9-28(15-14-27(8)26(7)13-11-24(3)4)16-17-29-18-20-30(21-19-29)23-32-31(10-2)22-12-25(5)6/h12,14-18,20,22,24,26,29-30H,9-11,13,19,21,23H2,1-8H3/b17-16+,27-14+,28-15+,31-22+. The van der Waals surface area contributed by atoms with E-state index in [9.17, 15) is 0 Å². The molecule has 0 heterocycles. The summed E-state index contributed by atoms with van der Waals surface area (Å²) in [5.74, 6) is 3.61. The third-order valence-electron chi connectivity index (χ3n) is 6.42. The molecular formula is C31H50O. The molecule has 1 heteroatoms. The lowest BCUT2D eigenvalue weighted by Gasteiger charge is -2.21. The maximum atomic E-state index is 6.07. The van der Waals surface area contributed by atoms with E-state index in [0.717, 1.165) is 31.1 Å². The Kier molecular flexibility index (Phi) is 14.1. The van der Waals surface area contributed by atoms with E-state index in [4.69, 9.17) is 4.74 Å². The Bertz CT molecular complexity index is 707. The number of hydrogen-bond acceptors (Lipinski definition) is 1. The first-order valence-corrected chi connectivity index (χ1v) is 13.0. The van der Waals surface area contributed by atoms with E-state index in [-0.39, 0.29) is 0 Å². The zero-order valence-corrected chi connectivity index (χ0v) is 22.3. The van der Waals surface area contributed by atoms with Gasteiger partial charge in [-0.2, -0.15) is 0 Å². The summed E-state index contributed by atoms with van der Waals surface area (Å²) < 4.78 is 6.07. The highest BCUT2D eigenvalue weighted by Crippen LogP contribution is 2.25. The van der Waals surface area contributed by atoms with Crippen LogP contribution in [-0.2, 0) is 4.74 Å². The summed E-state index contributed by atoms with van der Waals surface area (Å²) in [5, 5.41) is 0. The average molecular weight is 439 g/mol. The molecule has 1 aliphatic carbocycles. The summed E-state index contributed by atoms with van der Waals surface area (Å²) in [6, 6.07) is 0. The Labute approximate surface area is 200 Å². The van der Waals surface area contributed by atoms with Gasteiger partial charge in [-0.3, -0.25) is 0 Å². The van der Waals surface area contributed by atoms with Crippen LogP contribution in [-0.4, -0.2) is 6.61 Å². The zero-order valence-electron chi connectivity index (χ0n) is 22.3. The van der Waals surface area contributed by atoms with E-state index >= 15 is 0 Å². The van der Waals surface area contributed by atoms with Gasteiger partial charge in [0, 0.05) is 12.3 Å². The first kappa shape index (κ1) is 28.3. The molecule has 32 heavy (non-hydrogen) atoms. The first-order valence-electron chi connectivity index (χ1n) is 13.0. The quantitative estimate of drug-likeness (QED) is 0.158. The van der Waals surface area contributed by atoms with Crippen LogP contribution in [0.15, 0.2) is 71.1 Å². The van der Waals surface area contributed by atoms with Crippen LogP contribution in [0.4, 0.5) is 0 Å². The number of allylic oxidation sites excluding steroid dienone is 11. The predicted molar refractivity (Wildman–Crippen MR) is 144 cm³/mol. The maximum Gasteiger partial charge on any atom is 0.0957 e. The van der Waals surface area contributed by atoms with Crippen LogP contribution < -0.4 is 0 Å². The van der Waals surface area contributed by atoms with Gasteiger partial charge in [0.05, 0.1) is 12.4 Å². The lowest BCUT2D eigenvalue weighted by atomic mass is 9.88. The molecule has 0 saturated carbocycles. The zero-order chi connectivity index (χ0) is 23.9. The van der Waals surface area contributed by atoms with Crippen molar-refractivity contribution in [2.75, 3.05) is 6.61 Å². The Morgan fingerprint density at radius 2 is 1.66 bits per heavy atom. The Balaban J connectivity index is 2.58. The second kappa shape index (κ2) is 15.9. The van der Waals surface area contributed by atoms with Gasteiger partial charge in [0.1, 0.15) is 0 Å². The minimum absolute atomic E-state index is 0.528. The Morgan fingerprint density at radius 3 is 2.22 bits per heavy atom. The van der Waals surface area contributed by atoms with Gasteiger partial charge in [-0.15, -0.1) is 0 Å². The molecule has 0 fully saturated rings. The highest BCUT2D eigenvalue weighted by atomic mass is 16.5. The molecular weight excluding hydrogens is 388 g/mol. The minimum Gasteiger partial charge on any atom is -0.497 e. The third-order valence-corrected chi connectivity index (χ3v) is 6.42. The van der Waals surface area contributed by atoms with Crippen molar-refractivity contribution in [1.82, 2.24) is 0 Å². The van der Waals surface area contributed by atoms with Crippen LogP contribution in [0.25, 0.3) is 0 Å². The number of ether oxygens (including phenoxy) is 1. The molecule has 0 radical (unpaired) electrons. The number of hydrogen-bond donors (Lipinski definition) is 0. The minimum atomic E-state index is 0.528. The lowest BCUT2D eigenvalue weighted by Crippen LogP contribution is -2.13. The van der Waals surface area contributed by atoms with Crippen molar-refractivity contribution in [2.45, 2.75) is 93.9 Å². The van der Waals surface area contributed by atoms with E-state index in [1.165, 1.54) is 42.4 Å². The van der Waals surface area contributed by atoms with Crippen molar-refractivity contribution in [2.24, 2.45) is 23.7 Å². The molecule has 0 amide bonds. The molecule has 0 spiro atoms. The van der Waals surface area contributed by atoms with Gasteiger partial charge in [-0.1, -0.05) is 94.7 Å². The molecule has 0 saturated heterocycles. The van der Waals surface area contributed by atoms with Gasteiger partial charge in [-0.05, 0) is 75.9 Å². The molecule has 0 aromatic heterocycles. The monoisotopic (exact) mass is 438 g/mol. The highest BCUT2D eigenvalue weighted by molar-refractivity contribution is 5.27. The highest BCUT2D eigenvalue weighted by Gasteiger charge is 2.15. The topological polar surface area (TPSA) is 9.23 Å². The van der Waals surface area contributed by atoms with Crippen molar-refractivity contribution in [3.05, 3.63) is 71.1 Å². The molecule has 1 aliphatic rings. The van der Waals surface area contributed by atoms with E-state index in [0.29, 0.717) is 17.8 Å². The SMILES string of the molecule is CCC(/C=C/C1C=CC(CO/C(=C/C=C(C)C)CC)CC1)=C\C=C(/C)C(C)CCC(C)C. The first-order chi connectivity index (χ1) is 15.2. The van der Waals surface area contributed by atoms with Gasteiger partial charge in [0.2, 0.25) is 0 Å². The summed E-state index contributed by atoms with van der Waals surface area (Å²) in [4.78, 5) is 0. The Morgan fingerprint density at radius 1 is 0.906 bits per heavy atom. The summed E-state index contributed by atoms with van der Waals surface area (Å²) in [5.41, 5.74) is 4.21. The van der Waals surface area contributed by atoms with Crippen molar-refractivity contribution >= 4 is 0 Å². The van der Waals surface area contributed by atoms with Gasteiger partial charge >= 0.3 is 0 Å². The van der Waals surface area contributed by atoms with Crippen LogP contribution in [0.2, 0.25) is 0 Å². The largest absolute Gasteiger partial charge is 0.497 e. The van der Waals surface area contributed by atoms with E-state index in [2.05, 4.69) is 104 Å². The Hall–Kier alpha value is -1.76. The predicted octanol–water partition coefficient (Wildman–Crippen LogP) is 9.76. The fraction of sp³-hybridized carbons (Fsp3) is 0.613. The molecule has 0 bridgehead atoms. The molecule has 3 atom stereocenters. The summed E-state index contributed by atoms with van der Waals surface area (Å²) in [6.07, 6.45) is 25.4. The third kappa shape index (κ3) is 12.3. The van der Waals surface area contributed by atoms with Crippen molar-refractivity contribution in [1.29, 1.82) is 0 Å². The van der Waals surface area contributed by atoms with Gasteiger partial charge in [-0.25, -0.2) is 0 Å². The van der Waals surface area contributed by atoms with Crippen LogP contribution in [0.3, 0.4) is 0 Å². The van der Waals surface area contributed by atoms with Crippen molar-refractivity contribution < 1.29 is 4.74 Å². The fourth-order valence-electron chi connectivity index (χ4n) is 3.69. The normalized spacial score (nSPS) is 21.3. The van der Waals surface area contributed by atoms with Crippen LogP contribution in [0.5, 0.6) is 0 Å². The van der Waals surface area contributed by atoms with E-state index < -0.39 is 0 Å². The van der Waals surface area contributed by atoms with Gasteiger partial charge in [0.25, 0.3) is 0 Å². The van der Waals surface area contributed by atoms with Gasteiger partial charge in [0.15, 0.2) is 0 Å². The maximum absolute atomic E-state index is 6.07. The van der Waals surface area contributed by atoms with Crippen molar-refractivity contribution in [3.63, 3.8) is 0 Å². The van der Waals surface area contributed by atoms with Crippen LogP contribution >= 0.6 is 0 Å². The van der Waals surface area contributed by atoms with Gasteiger partial charge < -0.3 is 4.74 Å². The van der Waals surface area contributed by atoms with Crippen LogP contribution in [0, 0.1) is 23.7 Å². The van der Waals surface area contributed by atoms with Crippen LogP contribution in [0.1, 0.15) is 93.9 Å². The molecule has 0 aromatic rings. The van der Waals surface area contributed by atoms with E-state index in [1.54, 1.807) is 0 Å². The van der Waals surface area contributed by atoms with E-state index in [1.807, 2.05) is 0 Å². The smallest absolute Gasteiger partial charge is 0.0957 e. The summed E-state index contributed by atoms with van der Waals surface area (Å²) in [7, 11) is 0. The molecule has 180 valence electrons. The number of rotatable bonds is 13. The summed E-state index contributed by atoms with van der Waals surface area (Å²) >= 11 is 0. The molecule has 0 aliphatic heterocycles. The molecule has 3 unspecified atom stereocenters. The van der Waals surface area contributed by atoms with Crippen molar-refractivity contribution in [3.8, 4) is 0 Å². The second-order valence-electron chi connectivity index (χ2n) is 10.2. The summed E-state index contributed by atoms with van der Waals surface area (Å²) in [6.45, 7) is 18.7. The lowest BCUT2D eigenvalue weighted by molar-refractivity contribution is 0.168. The average Bonchev–Trinajstić information content (AvgIpc) is 2.78. The molecule has 1 rings (SSSR count). The fourth-order valence-corrected chi connectivity index (χ4v) is 3.69. The molecule has 1 nitrogen and oxygen atoms in total. The molecule has 0 N–H and O–H groups in total.